The van der Waals surface area contributed by atoms with E-state index in [2.05, 4.69) is 17.9 Å². The maximum atomic E-state index is 11.0. The Morgan fingerprint density at radius 3 is 1.90 bits per heavy atom. The Balaban J connectivity index is 0. The number of hydrogen-bond acceptors (Lipinski definition) is 7. The molecule has 7 heteroatoms. The molecule has 0 aliphatic rings. The molecule has 21 heavy (non-hydrogen) atoms. The number of carbonyl (C=O) groups excluding carboxylic acids is 2. The highest BCUT2D eigenvalue weighted by Gasteiger charge is 2.11. The molecule has 0 heterocycles. The molecule has 0 aliphatic carbocycles. The van der Waals surface area contributed by atoms with Crippen LogP contribution < -0.4 is 0 Å². The Kier molecular flexibility index (Phi) is 13.7. The first-order valence-electron chi connectivity index (χ1n) is 6.35. The van der Waals surface area contributed by atoms with E-state index in [0.29, 0.717) is 12.0 Å². The zero-order valence-electron chi connectivity index (χ0n) is 12.5. The summed E-state index contributed by atoms with van der Waals surface area (Å²) < 4.78 is 9.42. The second-order valence-electron chi connectivity index (χ2n) is 4.15. The van der Waals surface area contributed by atoms with Gasteiger partial charge in [-0.1, -0.05) is 13.2 Å². The summed E-state index contributed by atoms with van der Waals surface area (Å²) in [6.07, 6.45) is -0.616. The monoisotopic (exact) mass is 304 g/mol. The molecule has 122 valence electrons. The fourth-order valence-electron chi connectivity index (χ4n) is 0.829. The molecule has 3 N–H and O–H groups in total. The first-order chi connectivity index (χ1) is 9.76. The average Bonchev–Trinajstić information content (AvgIpc) is 2.43. The van der Waals surface area contributed by atoms with Crippen molar-refractivity contribution < 1.29 is 34.4 Å². The predicted molar refractivity (Wildman–Crippen MR) is 76.1 cm³/mol. The van der Waals surface area contributed by atoms with Crippen LogP contribution in [0.5, 0.6) is 0 Å². The Labute approximate surface area is 124 Å². The van der Waals surface area contributed by atoms with Crippen molar-refractivity contribution in [1.29, 1.82) is 0 Å². The van der Waals surface area contributed by atoms with E-state index in [1.165, 1.54) is 6.92 Å². The van der Waals surface area contributed by atoms with E-state index in [4.69, 9.17) is 14.9 Å². The molecule has 0 bridgehead atoms. The summed E-state index contributed by atoms with van der Waals surface area (Å²) >= 11 is 0. The summed E-state index contributed by atoms with van der Waals surface area (Å²) in [5.41, 5.74) is 0.539. The maximum absolute atomic E-state index is 11.0. The molecule has 0 aromatic rings. The zero-order chi connectivity index (χ0) is 16.8. The molecule has 1 atom stereocenters. The van der Waals surface area contributed by atoms with Gasteiger partial charge in [-0.2, -0.15) is 0 Å². The summed E-state index contributed by atoms with van der Waals surface area (Å²) in [6.45, 7) is 9.74. The van der Waals surface area contributed by atoms with Crippen LogP contribution in [0.1, 0.15) is 26.7 Å². The quantitative estimate of drug-likeness (QED) is 0.256. The highest BCUT2D eigenvalue weighted by Crippen LogP contribution is 2.04. The number of hydrogen-bond donors (Lipinski definition) is 3. The predicted octanol–water partition coefficient (Wildman–Crippen LogP) is 0.295. The van der Waals surface area contributed by atoms with Gasteiger partial charge >= 0.3 is 11.9 Å². The molecule has 0 saturated heterocycles. The lowest BCUT2D eigenvalue weighted by molar-refractivity contribution is -0.164. The lowest BCUT2D eigenvalue weighted by Crippen LogP contribution is -2.18. The third-order valence-electron chi connectivity index (χ3n) is 1.87. The molecule has 0 radical (unpaired) electrons. The van der Waals surface area contributed by atoms with E-state index in [1.54, 1.807) is 6.92 Å². The van der Waals surface area contributed by atoms with Gasteiger partial charge in [-0.05, 0) is 20.3 Å². The number of esters is 2. The second kappa shape index (κ2) is 13.3. The van der Waals surface area contributed by atoms with Gasteiger partial charge in [0.15, 0.2) is 0 Å². The summed E-state index contributed by atoms with van der Waals surface area (Å²) in [4.78, 5) is 22.0. The lowest BCUT2D eigenvalue weighted by atomic mass is 10.3. The normalized spacial score (nSPS) is 10.7. The van der Waals surface area contributed by atoms with Gasteiger partial charge in [0.2, 0.25) is 6.29 Å². The van der Waals surface area contributed by atoms with Crippen LogP contribution in [-0.4, -0.2) is 53.4 Å². The zero-order valence-corrected chi connectivity index (χ0v) is 12.5. The van der Waals surface area contributed by atoms with Crippen molar-refractivity contribution in [2.75, 3.05) is 19.8 Å². The minimum atomic E-state index is -1.21. The molecule has 0 aromatic carbocycles. The third kappa shape index (κ3) is 14.5. The summed E-state index contributed by atoms with van der Waals surface area (Å²) in [5, 5.41) is 24.6. The van der Waals surface area contributed by atoms with Gasteiger partial charge in [0.05, 0.1) is 19.8 Å². The van der Waals surface area contributed by atoms with Crippen LogP contribution in [0.3, 0.4) is 0 Å². The summed E-state index contributed by atoms with van der Waals surface area (Å²) in [6, 6.07) is 0. The van der Waals surface area contributed by atoms with Crippen LogP contribution in [-0.2, 0) is 19.1 Å². The Morgan fingerprint density at radius 1 is 1.05 bits per heavy atom. The van der Waals surface area contributed by atoms with Crippen molar-refractivity contribution in [3.05, 3.63) is 24.3 Å². The van der Waals surface area contributed by atoms with Gasteiger partial charge < -0.3 is 24.8 Å². The van der Waals surface area contributed by atoms with E-state index in [9.17, 15) is 14.7 Å². The Hall–Kier alpha value is -1.70. The van der Waals surface area contributed by atoms with Crippen molar-refractivity contribution in [2.24, 2.45) is 0 Å². The van der Waals surface area contributed by atoms with Gasteiger partial charge in [-0.3, -0.25) is 0 Å². The van der Waals surface area contributed by atoms with E-state index in [1.807, 2.05) is 0 Å². The van der Waals surface area contributed by atoms with E-state index >= 15 is 0 Å². The average molecular weight is 304 g/mol. The van der Waals surface area contributed by atoms with Crippen LogP contribution in [0.15, 0.2) is 24.3 Å². The van der Waals surface area contributed by atoms with Crippen LogP contribution in [0.25, 0.3) is 0 Å². The minimum absolute atomic E-state index is 0.125. The van der Waals surface area contributed by atoms with Gasteiger partial charge in [0.25, 0.3) is 0 Å². The number of aliphatic hydroxyl groups is 3. The third-order valence-corrected chi connectivity index (χ3v) is 1.87. The standard InChI is InChI=1S/C12H18O5.C2H6O2/c1-8(2)11(14)16-7-5-6-10(13)17-12(15)9(3)4;3-1-2-4/h10,13H,1,3,5-7H2,2,4H3;3-4H,1-2H2. The smallest absolute Gasteiger partial charge is 0.335 e. The second-order valence-corrected chi connectivity index (χ2v) is 4.15. The van der Waals surface area contributed by atoms with Crippen molar-refractivity contribution in [2.45, 2.75) is 33.0 Å². The topological polar surface area (TPSA) is 113 Å². The molecule has 0 fully saturated rings. The molecule has 7 nitrogen and oxygen atoms in total. The SMILES string of the molecule is C=C(C)C(=O)OCCCC(O)OC(=O)C(=C)C.OCCO. The molecule has 0 saturated carbocycles. The Bertz CT molecular complexity index is 347. The lowest BCUT2D eigenvalue weighted by Gasteiger charge is -2.11. The van der Waals surface area contributed by atoms with Crippen molar-refractivity contribution in [1.82, 2.24) is 0 Å². The van der Waals surface area contributed by atoms with Gasteiger partial charge in [-0.25, -0.2) is 9.59 Å². The summed E-state index contributed by atoms with van der Waals surface area (Å²) in [7, 11) is 0. The van der Waals surface area contributed by atoms with E-state index in [-0.39, 0.29) is 31.8 Å². The minimum Gasteiger partial charge on any atom is -0.462 e. The number of aliphatic hydroxyl groups excluding tert-OH is 3. The maximum Gasteiger partial charge on any atom is 0.335 e. The molecule has 0 aliphatic heterocycles. The molecule has 0 amide bonds. The van der Waals surface area contributed by atoms with Crippen LogP contribution in [0.4, 0.5) is 0 Å². The molecular formula is C14H24O7. The van der Waals surface area contributed by atoms with Gasteiger partial charge in [-0.15, -0.1) is 0 Å². The number of rotatable bonds is 8. The molecule has 1 unspecified atom stereocenters. The first kappa shape index (κ1) is 21.6. The van der Waals surface area contributed by atoms with E-state index in [0.717, 1.165) is 0 Å². The van der Waals surface area contributed by atoms with Crippen molar-refractivity contribution in [3.63, 3.8) is 0 Å². The van der Waals surface area contributed by atoms with E-state index < -0.39 is 18.2 Å². The summed E-state index contributed by atoms with van der Waals surface area (Å²) in [5.74, 6) is -1.12. The molecular weight excluding hydrogens is 280 g/mol. The first-order valence-corrected chi connectivity index (χ1v) is 6.35. The van der Waals surface area contributed by atoms with Crippen LogP contribution >= 0.6 is 0 Å². The molecule has 0 rings (SSSR count). The molecule has 0 aromatic heterocycles. The Morgan fingerprint density at radius 2 is 1.52 bits per heavy atom. The fourth-order valence-corrected chi connectivity index (χ4v) is 0.829. The van der Waals surface area contributed by atoms with Crippen molar-refractivity contribution >= 4 is 11.9 Å². The number of ether oxygens (including phenoxy) is 2. The highest BCUT2D eigenvalue weighted by atomic mass is 16.6. The van der Waals surface area contributed by atoms with Gasteiger partial charge in [0.1, 0.15) is 0 Å². The highest BCUT2D eigenvalue weighted by molar-refractivity contribution is 5.87. The van der Waals surface area contributed by atoms with Gasteiger partial charge in [0, 0.05) is 17.6 Å². The largest absolute Gasteiger partial charge is 0.462 e. The van der Waals surface area contributed by atoms with Crippen molar-refractivity contribution in [3.8, 4) is 0 Å². The fraction of sp³-hybridized carbons (Fsp3) is 0.571. The van der Waals surface area contributed by atoms with Crippen LogP contribution in [0.2, 0.25) is 0 Å². The van der Waals surface area contributed by atoms with Crippen LogP contribution in [0, 0.1) is 0 Å². The molecule has 0 spiro atoms. The number of carbonyl (C=O) groups is 2.